The molecule has 0 N–H and O–H groups in total. The molecule has 3 rings (SSSR count). The van der Waals surface area contributed by atoms with Crippen LogP contribution in [0.1, 0.15) is 21.5 Å². The summed E-state index contributed by atoms with van der Waals surface area (Å²) in [5.41, 5.74) is 2.15. The number of para-hydroxylation sites is 1. The van der Waals surface area contributed by atoms with E-state index in [9.17, 15) is 13.2 Å². The van der Waals surface area contributed by atoms with Crippen molar-refractivity contribution in [1.29, 1.82) is 0 Å². The van der Waals surface area contributed by atoms with Crippen LogP contribution < -0.4 is 4.74 Å². The zero-order valence-corrected chi connectivity index (χ0v) is 16.5. The fraction of sp³-hybridized carbons (Fsp3) is 0.136. The van der Waals surface area contributed by atoms with Crippen molar-refractivity contribution in [3.8, 4) is 5.75 Å². The highest BCUT2D eigenvalue weighted by atomic mass is 32.2. The van der Waals surface area contributed by atoms with E-state index < -0.39 is 16.0 Å². The van der Waals surface area contributed by atoms with Gasteiger partial charge in [0.25, 0.3) is 0 Å². The number of ether oxygens (including phenoxy) is 1. The van der Waals surface area contributed by atoms with E-state index in [2.05, 4.69) is 0 Å². The van der Waals surface area contributed by atoms with Crippen molar-refractivity contribution in [1.82, 2.24) is 4.31 Å². The molecule has 3 aromatic rings. The molecule has 3 aromatic carbocycles. The van der Waals surface area contributed by atoms with Gasteiger partial charge in [-0.15, -0.1) is 0 Å². The van der Waals surface area contributed by atoms with Crippen molar-refractivity contribution in [3.63, 3.8) is 0 Å². The SMILES string of the molecule is CN(C)S(=O)(=O)c1cccc(C(=O)Oc2ccccc2Cc2ccccc2)c1. The van der Waals surface area contributed by atoms with Crippen molar-refractivity contribution in [3.05, 3.63) is 95.6 Å². The van der Waals surface area contributed by atoms with Crippen LogP contribution in [0.3, 0.4) is 0 Å². The van der Waals surface area contributed by atoms with Crippen LogP contribution in [0.25, 0.3) is 0 Å². The van der Waals surface area contributed by atoms with Crippen molar-refractivity contribution in [2.45, 2.75) is 11.3 Å². The molecule has 0 aliphatic rings. The summed E-state index contributed by atoms with van der Waals surface area (Å²) >= 11 is 0. The van der Waals surface area contributed by atoms with Crippen LogP contribution in [0.2, 0.25) is 0 Å². The van der Waals surface area contributed by atoms with Gasteiger partial charge in [0.05, 0.1) is 10.5 Å². The lowest BCUT2D eigenvalue weighted by Crippen LogP contribution is -2.22. The molecule has 0 atom stereocenters. The number of hydrogen-bond donors (Lipinski definition) is 0. The van der Waals surface area contributed by atoms with Gasteiger partial charge in [-0.25, -0.2) is 17.5 Å². The van der Waals surface area contributed by atoms with Gasteiger partial charge >= 0.3 is 5.97 Å². The van der Waals surface area contributed by atoms with Gasteiger partial charge in [-0.2, -0.15) is 0 Å². The summed E-state index contributed by atoms with van der Waals surface area (Å²) in [5.74, 6) is -0.145. The van der Waals surface area contributed by atoms with Gasteiger partial charge in [-0.3, -0.25) is 0 Å². The minimum Gasteiger partial charge on any atom is -0.423 e. The zero-order valence-electron chi connectivity index (χ0n) is 15.7. The van der Waals surface area contributed by atoms with E-state index in [0.717, 1.165) is 15.4 Å². The summed E-state index contributed by atoms with van der Waals surface area (Å²) in [4.78, 5) is 12.7. The Morgan fingerprint density at radius 1 is 0.893 bits per heavy atom. The number of carbonyl (C=O) groups is 1. The van der Waals surface area contributed by atoms with Crippen LogP contribution >= 0.6 is 0 Å². The molecule has 5 nitrogen and oxygen atoms in total. The Hall–Kier alpha value is -2.96. The van der Waals surface area contributed by atoms with Gasteiger partial charge in [-0.1, -0.05) is 54.6 Å². The lowest BCUT2D eigenvalue weighted by atomic mass is 10.0. The van der Waals surface area contributed by atoms with Crippen molar-refractivity contribution < 1.29 is 17.9 Å². The van der Waals surface area contributed by atoms with Gasteiger partial charge in [0.1, 0.15) is 5.75 Å². The summed E-state index contributed by atoms with van der Waals surface area (Å²) in [5, 5.41) is 0. The van der Waals surface area contributed by atoms with Gasteiger partial charge < -0.3 is 4.74 Å². The second kappa shape index (κ2) is 8.37. The summed E-state index contributed by atoms with van der Waals surface area (Å²) < 4.78 is 31.3. The van der Waals surface area contributed by atoms with E-state index in [1.165, 1.54) is 38.4 Å². The fourth-order valence-corrected chi connectivity index (χ4v) is 3.67. The maximum Gasteiger partial charge on any atom is 0.343 e. The highest BCUT2D eigenvalue weighted by Gasteiger charge is 2.20. The van der Waals surface area contributed by atoms with Crippen molar-refractivity contribution in [2.75, 3.05) is 14.1 Å². The van der Waals surface area contributed by atoms with Gasteiger partial charge in [0.15, 0.2) is 0 Å². The van der Waals surface area contributed by atoms with Crippen LogP contribution in [-0.4, -0.2) is 32.8 Å². The van der Waals surface area contributed by atoms with E-state index in [4.69, 9.17) is 4.74 Å². The molecule has 144 valence electrons. The number of hydrogen-bond acceptors (Lipinski definition) is 4. The Morgan fingerprint density at radius 2 is 1.57 bits per heavy atom. The minimum absolute atomic E-state index is 0.0459. The molecular weight excluding hydrogens is 374 g/mol. The first-order chi connectivity index (χ1) is 13.4. The number of carbonyl (C=O) groups excluding carboxylic acids is 1. The molecule has 0 aliphatic carbocycles. The molecular formula is C22H21NO4S. The molecule has 0 spiro atoms. The van der Waals surface area contributed by atoms with Crippen LogP contribution in [0.4, 0.5) is 0 Å². The fourth-order valence-electron chi connectivity index (χ4n) is 2.72. The second-order valence-electron chi connectivity index (χ2n) is 6.47. The number of esters is 1. The quantitative estimate of drug-likeness (QED) is 0.471. The standard InChI is InChI=1S/C22H21NO4S/c1-23(2)28(25,26)20-13-8-12-19(16-20)22(24)27-21-14-7-6-11-18(21)15-17-9-4-3-5-10-17/h3-14,16H,15H2,1-2H3. The number of benzene rings is 3. The van der Waals surface area contributed by atoms with Crippen LogP contribution in [-0.2, 0) is 16.4 Å². The monoisotopic (exact) mass is 395 g/mol. The molecule has 6 heteroatoms. The highest BCUT2D eigenvalue weighted by Crippen LogP contribution is 2.23. The highest BCUT2D eigenvalue weighted by molar-refractivity contribution is 7.89. The van der Waals surface area contributed by atoms with E-state index in [-0.39, 0.29) is 10.5 Å². The first kappa shape index (κ1) is 19.8. The van der Waals surface area contributed by atoms with Crippen molar-refractivity contribution in [2.24, 2.45) is 0 Å². The molecule has 0 amide bonds. The van der Waals surface area contributed by atoms with E-state index in [1.807, 2.05) is 42.5 Å². The topological polar surface area (TPSA) is 63.7 Å². The summed E-state index contributed by atoms with van der Waals surface area (Å²) in [6.07, 6.45) is 0.624. The normalized spacial score (nSPS) is 11.4. The predicted molar refractivity (Wildman–Crippen MR) is 108 cm³/mol. The first-order valence-electron chi connectivity index (χ1n) is 8.74. The maximum atomic E-state index is 12.6. The first-order valence-corrected chi connectivity index (χ1v) is 10.2. The van der Waals surface area contributed by atoms with E-state index in [1.54, 1.807) is 12.1 Å². The molecule has 28 heavy (non-hydrogen) atoms. The third-order valence-electron chi connectivity index (χ3n) is 4.26. The Balaban J connectivity index is 1.85. The van der Waals surface area contributed by atoms with E-state index >= 15 is 0 Å². The van der Waals surface area contributed by atoms with Gasteiger partial charge in [0, 0.05) is 20.5 Å². The van der Waals surface area contributed by atoms with Crippen LogP contribution in [0.15, 0.2) is 83.8 Å². The molecule has 0 bridgehead atoms. The van der Waals surface area contributed by atoms with Crippen molar-refractivity contribution >= 4 is 16.0 Å². The number of sulfonamides is 1. The zero-order chi connectivity index (χ0) is 20.1. The third-order valence-corrected chi connectivity index (χ3v) is 6.07. The molecule has 0 heterocycles. The smallest absolute Gasteiger partial charge is 0.343 e. The lowest BCUT2D eigenvalue weighted by Gasteiger charge is -2.13. The number of nitrogens with zero attached hydrogens (tertiary/aromatic N) is 1. The Labute approximate surface area is 165 Å². The largest absolute Gasteiger partial charge is 0.423 e. The van der Waals surface area contributed by atoms with Gasteiger partial charge in [-0.05, 0) is 35.4 Å². The maximum absolute atomic E-state index is 12.6. The minimum atomic E-state index is -3.63. The second-order valence-corrected chi connectivity index (χ2v) is 8.63. The third kappa shape index (κ3) is 4.47. The molecule has 0 saturated carbocycles. The number of rotatable bonds is 6. The molecule has 0 saturated heterocycles. The van der Waals surface area contributed by atoms with Gasteiger partial charge in [0.2, 0.25) is 10.0 Å². The molecule has 0 fully saturated rings. The molecule has 0 aromatic heterocycles. The summed E-state index contributed by atoms with van der Waals surface area (Å²) in [7, 11) is -0.740. The molecule has 0 unspecified atom stereocenters. The molecule has 0 radical (unpaired) electrons. The van der Waals surface area contributed by atoms with Crippen LogP contribution in [0.5, 0.6) is 5.75 Å². The molecule has 0 aliphatic heterocycles. The average Bonchev–Trinajstić information content (AvgIpc) is 2.70. The summed E-state index contributed by atoms with van der Waals surface area (Å²) in [6.45, 7) is 0. The average molecular weight is 395 g/mol. The summed E-state index contributed by atoms with van der Waals surface area (Å²) in [6, 6.07) is 23.1. The van der Waals surface area contributed by atoms with Crippen LogP contribution in [0, 0.1) is 0 Å². The Kier molecular flexibility index (Phi) is 5.92. The lowest BCUT2D eigenvalue weighted by molar-refractivity contribution is 0.0733. The Bertz CT molecular complexity index is 1080. The van der Waals surface area contributed by atoms with E-state index in [0.29, 0.717) is 12.2 Å². The predicted octanol–water partition coefficient (Wildman–Crippen LogP) is 3.75. The Morgan fingerprint density at radius 3 is 2.29 bits per heavy atom.